The summed E-state index contributed by atoms with van der Waals surface area (Å²) < 4.78 is 33.7. The number of hydrogen-bond donors (Lipinski definition) is 2. The lowest BCUT2D eigenvalue weighted by molar-refractivity contribution is -0.0599. The van der Waals surface area contributed by atoms with Gasteiger partial charge in [0.15, 0.2) is 0 Å². The SMILES string of the molecule is Cc1cc(N)cc(S(=O)(=O)NC2CCOC(C)(C)C2)c1C. The number of anilines is 1. The highest BCUT2D eigenvalue weighted by atomic mass is 32.2. The number of nitrogens with two attached hydrogens (primary N) is 1. The number of nitrogen functional groups attached to an aromatic ring is 1. The molecule has 1 aromatic rings. The lowest BCUT2D eigenvalue weighted by Gasteiger charge is -2.35. The van der Waals surface area contributed by atoms with Crippen molar-refractivity contribution in [2.24, 2.45) is 0 Å². The zero-order chi connectivity index (χ0) is 15.8. The van der Waals surface area contributed by atoms with Gasteiger partial charge in [-0.25, -0.2) is 13.1 Å². The second kappa shape index (κ2) is 5.59. The maximum absolute atomic E-state index is 12.6. The Balaban J connectivity index is 2.27. The van der Waals surface area contributed by atoms with Crippen LogP contribution in [0, 0.1) is 13.8 Å². The van der Waals surface area contributed by atoms with E-state index in [1.54, 1.807) is 13.0 Å². The van der Waals surface area contributed by atoms with Crippen LogP contribution in [0.4, 0.5) is 5.69 Å². The first kappa shape index (κ1) is 16.3. The van der Waals surface area contributed by atoms with Gasteiger partial charge in [-0.2, -0.15) is 0 Å². The molecule has 6 heteroatoms. The molecule has 1 unspecified atom stereocenters. The molecule has 1 heterocycles. The maximum Gasteiger partial charge on any atom is 0.241 e. The summed E-state index contributed by atoms with van der Waals surface area (Å²) in [6.45, 7) is 8.18. The van der Waals surface area contributed by atoms with Crippen molar-refractivity contribution in [3.8, 4) is 0 Å². The number of rotatable bonds is 3. The summed E-state index contributed by atoms with van der Waals surface area (Å²) in [6, 6.07) is 3.20. The molecule has 0 aromatic heterocycles. The van der Waals surface area contributed by atoms with Gasteiger partial charge in [0, 0.05) is 18.3 Å². The highest BCUT2D eigenvalue weighted by Crippen LogP contribution is 2.27. The van der Waals surface area contributed by atoms with Crippen molar-refractivity contribution >= 4 is 15.7 Å². The fourth-order valence-corrected chi connectivity index (χ4v) is 4.37. The van der Waals surface area contributed by atoms with Crippen molar-refractivity contribution < 1.29 is 13.2 Å². The van der Waals surface area contributed by atoms with Crippen LogP contribution in [0.25, 0.3) is 0 Å². The predicted molar refractivity (Wildman–Crippen MR) is 83.7 cm³/mol. The molecular weight excluding hydrogens is 288 g/mol. The fourth-order valence-electron chi connectivity index (χ4n) is 2.75. The van der Waals surface area contributed by atoms with Crippen LogP contribution >= 0.6 is 0 Å². The second-order valence-electron chi connectivity index (χ2n) is 6.38. The number of benzene rings is 1. The molecule has 1 atom stereocenters. The van der Waals surface area contributed by atoms with Crippen molar-refractivity contribution in [2.45, 2.75) is 57.1 Å². The zero-order valence-corrected chi connectivity index (χ0v) is 13.9. The number of aryl methyl sites for hydroxylation is 1. The molecule has 1 aromatic carbocycles. The van der Waals surface area contributed by atoms with Crippen LogP contribution in [0.2, 0.25) is 0 Å². The summed E-state index contributed by atoms with van der Waals surface area (Å²) in [6.07, 6.45) is 1.34. The molecule has 2 rings (SSSR count). The van der Waals surface area contributed by atoms with Gasteiger partial charge in [-0.3, -0.25) is 0 Å². The third-order valence-corrected chi connectivity index (χ3v) is 5.60. The number of hydrogen-bond acceptors (Lipinski definition) is 4. The van der Waals surface area contributed by atoms with E-state index in [-0.39, 0.29) is 16.5 Å². The molecule has 0 amide bonds. The normalized spacial score (nSPS) is 22.2. The van der Waals surface area contributed by atoms with E-state index in [4.69, 9.17) is 10.5 Å². The van der Waals surface area contributed by atoms with Crippen molar-refractivity contribution in [2.75, 3.05) is 12.3 Å². The number of ether oxygens (including phenoxy) is 1. The minimum Gasteiger partial charge on any atom is -0.399 e. The first-order valence-corrected chi connectivity index (χ1v) is 8.62. The van der Waals surface area contributed by atoms with E-state index in [1.165, 1.54) is 6.07 Å². The number of nitrogens with one attached hydrogen (secondary N) is 1. The Morgan fingerprint density at radius 1 is 1.33 bits per heavy atom. The van der Waals surface area contributed by atoms with Gasteiger partial charge < -0.3 is 10.5 Å². The lowest BCUT2D eigenvalue weighted by Crippen LogP contribution is -2.45. The van der Waals surface area contributed by atoms with Gasteiger partial charge in [0.1, 0.15) is 0 Å². The standard InChI is InChI=1S/C15H24N2O3S/c1-10-7-12(16)8-14(11(10)2)21(18,19)17-13-5-6-20-15(3,4)9-13/h7-8,13,17H,5-6,9,16H2,1-4H3. The Kier molecular flexibility index (Phi) is 4.33. The Morgan fingerprint density at radius 3 is 2.62 bits per heavy atom. The van der Waals surface area contributed by atoms with E-state index in [0.717, 1.165) is 11.1 Å². The summed E-state index contributed by atoms with van der Waals surface area (Å²) in [5, 5.41) is 0. The molecule has 0 aliphatic carbocycles. The van der Waals surface area contributed by atoms with Gasteiger partial charge in [-0.1, -0.05) is 0 Å². The summed E-state index contributed by atoms with van der Waals surface area (Å²) in [4.78, 5) is 0.268. The fraction of sp³-hybridized carbons (Fsp3) is 0.600. The molecule has 0 saturated carbocycles. The van der Waals surface area contributed by atoms with E-state index in [0.29, 0.717) is 25.1 Å². The van der Waals surface area contributed by atoms with Crippen molar-refractivity contribution in [3.05, 3.63) is 23.3 Å². The average molecular weight is 312 g/mol. The molecule has 0 spiro atoms. The molecule has 1 fully saturated rings. The molecule has 1 aliphatic heterocycles. The molecule has 0 bridgehead atoms. The molecule has 118 valence electrons. The second-order valence-corrected chi connectivity index (χ2v) is 8.06. The smallest absolute Gasteiger partial charge is 0.241 e. The predicted octanol–water partition coefficient (Wildman–Crippen LogP) is 2.12. The third kappa shape index (κ3) is 3.75. The van der Waals surface area contributed by atoms with Crippen LogP contribution in [-0.2, 0) is 14.8 Å². The Hall–Kier alpha value is -1.11. The molecule has 5 nitrogen and oxygen atoms in total. The number of sulfonamides is 1. The van der Waals surface area contributed by atoms with E-state index >= 15 is 0 Å². The molecule has 3 N–H and O–H groups in total. The lowest BCUT2D eigenvalue weighted by atomic mass is 9.95. The zero-order valence-electron chi connectivity index (χ0n) is 13.1. The van der Waals surface area contributed by atoms with E-state index < -0.39 is 10.0 Å². The van der Waals surface area contributed by atoms with Gasteiger partial charge in [0.05, 0.1) is 10.5 Å². The maximum atomic E-state index is 12.6. The third-order valence-electron chi connectivity index (χ3n) is 3.95. The summed E-state index contributed by atoms with van der Waals surface area (Å²) in [5.74, 6) is 0. The Morgan fingerprint density at radius 2 is 2.00 bits per heavy atom. The monoisotopic (exact) mass is 312 g/mol. The van der Waals surface area contributed by atoms with Crippen LogP contribution in [0.3, 0.4) is 0 Å². The Labute approximate surface area is 126 Å². The molecule has 0 radical (unpaired) electrons. The van der Waals surface area contributed by atoms with Gasteiger partial charge in [0.25, 0.3) is 0 Å². The van der Waals surface area contributed by atoms with E-state index in [1.807, 2.05) is 20.8 Å². The minimum absolute atomic E-state index is 0.111. The summed E-state index contributed by atoms with van der Waals surface area (Å²) in [7, 11) is -3.57. The summed E-state index contributed by atoms with van der Waals surface area (Å²) >= 11 is 0. The summed E-state index contributed by atoms with van der Waals surface area (Å²) in [5.41, 5.74) is 7.57. The molecule has 1 aliphatic rings. The van der Waals surface area contributed by atoms with Crippen LogP contribution in [0.15, 0.2) is 17.0 Å². The Bertz CT molecular complexity index is 639. The first-order chi connectivity index (χ1) is 9.61. The van der Waals surface area contributed by atoms with Crippen molar-refractivity contribution in [1.82, 2.24) is 4.72 Å². The van der Waals surface area contributed by atoms with Crippen molar-refractivity contribution in [1.29, 1.82) is 0 Å². The van der Waals surface area contributed by atoms with Crippen LogP contribution in [0.5, 0.6) is 0 Å². The highest BCUT2D eigenvalue weighted by Gasteiger charge is 2.32. The quantitative estimate of drug-likeness (QED) is 0.838. The molecule has 1 saturated heterocycles. The van der Waals surface area contributed by atoms with Gasteiger partial charge in [-0.05, 0) is 63.8 Å². The van der Waals surface area contributed by atoms with Gasteiger partial charge in [0.2, 0.25) is 10.0 Å². The largest absolute Gasteiger partial charge is 0.399 e. The van der Waals surface area contributed by atoms with Gasteiger partial charge in [-0.15, -0.1) is 0 Å². The molecular formula is C15H24N2O3S. The molecule has 21 heavy (non-hydrogen) atoms. The topological polar surface area (TPSA) is 81.4 Å². The average Bonchev–Trinajstić information content (AvgIpc) is 2.31. The van der Waals surface area contributed by atoms with Gasteiger partial charge >= 0.3 is 0 Å². The van der Waals surface area contributed by atoms with E-state index in [9.17, 15) is 8.42 Å². The minimum atomic E-state index is -3.57. The first-order valence-electron chi connectivity index (χ1n) is 7.14. The van der Waals surface area contributed by atoms with Crippen molar-refractivity contribution in [3.63, 3.8) is 0 Å². The highest BCUT2D eigenvalue weighted by molar-refractivity contribution is 7.89. The van der Waals surface area contributed by atoms with Crippen LogP contribution < -0.4 is 10.5 Å². The van der Waals surface area contributed by atoms with Crippen LogP contribution in [-0.4, -0.2) is 26.7 Å². The van der Waals surface area contributed by atoms with Crippen LogP contribution in [0.1, 0.15) is 37.8 Å². The van der Waals surface area contributed by atoms with E-state index in [2.05, 4.69) is 4.72 Å².